The highest BCUT2D eigenvalue weighted by Crippen LogP contribution is 2.18. The van der Waals surface area contributed by atoms with Crippen LogP contribution in [0.1, 0.15) is 118 Å². The largest absolute Gasteiger partial charge is 0.870 e. The predicted molar refractivity (Wildman–Crippen MR) is 109 cm³/mol. The Hall–Kier alpha value is -0.0800. The Bertz CT molecular complexity index is 199. The predicted octanol–water partition coefficient (Wildman–Crippen LogP) is 7.17. The summed E-state index contributed by atoms with van der Waals surface area (Å²) >= 11 is 0. The first-order valence-corrected chi connectivity index (χ1v) is 11.1. The molecular formula is C22H49NO. The first-order chi connectivity index (χ1) is 11.2. The van der Waals surface area contributed by atoms with Crippen LogP contribution in [0.5, 0.6) is 0 Å². The van der Waals surface area contributed by atoms with Gasteiger partial charge in [0.25, 0.3) is 0 Å². The summed E-state index contributed by atoms with van der Waals surface area (Å²) in [7, 11) is 0. The minimum absolute atomic E-state index is 0. The average Bonchev–Trinajstić information content (AvgIpc) is 2.57. The Balaban J connectivity index is 0. The number of rotatable bonds is 18. The molecule has 148 valence electrons. The molecule has 0 aromatic heterocycles. The summed E-state index contributed by atoms with van der Waals surface area (Å²) in [4.78, 5) is 0. The zero-order valence-corrected chi connectivity index (χ0v) is 17.6. The molecule has 0 atom stereocenters. The number of unbranched alkanes of at least 4 members (excludes halogenated alkanes) is 10. The van der Waals surface area contributed by atoms with Crippen LogP contribution in [-0.4, -0.2) is 36.1 Å². The Morgan fingerprint density at radius 2 is 0.667 bits per heavy atom. The van der Waals surface area contributed by atoms with E-state index in [0.29, 0.717) is 0 Å². The molecule has 0 aliphatic carbocycles. The number of quaternary nitrogens is 1. The standard InChI is InChI=1S/C22H48N.H2O/c1-5-9-13-16-20-23(19-12-8-4,21-17-14-10-6-2)22-18-15-11-7-3;/h5-22H2,1-4H3;1H2/q+1;/p-1. The SMILES string of the molecule is CCCCCC[N+](CCCC)(CCCCCC)CCCCCC.[OH-]. The van der Waals surface area contributed by atoms with Crippen LogP contribution in [0.15, 0.2) is 0 Å². The molecule has 1 N–H and O–H groups in total. The van der Waals surface area contributed by atoms with Crippen molar-refractivity contribution < 1.29 is 9.96 Å². The zero-order valence-electron chi connectivity index (χ0n) is 17.6. The molecule has 0 aromatic rings. The van der Waals surface area contributed by atoms with Gasteiger partial charge in [0.1, 0.15) is 0 Å². The minimum Gasteiger partial charge on any atom is -0.870 e. The summed E-state index contributed by atoms with van der Waals surface area (Å²) in [6, 6.07) is 0. The van der Waals surface area contributed by atoms with Gasteiger partial charge in [-0.05, 0) is 44.9 Å². The van der Waals surface area contributed by atoms with E-state index in [9.17, 15) is 0 Å². The van der Waals surface area contributed by atoms with Crippen LogP contribution in [0, 0.1) is 0 Å². The van der Waals surface area contributed by atoms with Gasteiger partial charge in [0.2, 0.25) is 0 Å². The molecule has 0 saturated carbocycles. The van der Waals surface area contributed by atoms with Crippen LogP contribution in [0.25, 0.3) is 0 Å². The molecule has 0 aromatic carbocycles. The van der Waals surface area contributed by atoms with Crippen LogP contribution in [0.4, 0.5) is 0 Å². The highest BCUT2D eigenvalue weighted by molar-refractivity contribution is 4.52. The maximum absolute atomic E-state index is 2.36. The third-order valence-corrected chi connectivity index (χ3v) is 5.44. The fourth-order valence-corrected chi connectivity index (χ4v) is 3.79. The second-order valence-electron chi connectivity index (χ2n) is 7.77. The molecule has 0 aliphatic rings. The molecule has 2 heteroatoms. The smallest absolute Gasteiger partial charge is 0.0786 e. The van der Waals surface area contributed by atoms with Crippen LogP contribution in [0.3, 0.4) is 0 Å². The molecule has 0 heterocycles. The highest BCUT2D eigenvalue weighted by atomic mass is 16.0. The summed E-state index contributed by atoms with van der Waals surface area (Å²) in [6.07, 6.45) is 19.9. The van der Waals surface area contributed by atoms with Gasteiger partial charge in [-0.25, -0.2) is 0 Å². The fourth-order valence-electron chi connectivity index (χ4n) is 3.79. The van der Waals surface area contributed by atoms with Crippen molar-refractivity contribution in [1.82, 2.24) is 0 Å². The molecule has 2 nitrogen and oxygen atoms in total. The van der Waals surface area contributed by atoms with Crippen molar-refractivity contribution in [3.63, 3.8) is 0 Å². The van der Waals surface area contributed by atoms with Crippen molar-refractivity contribution in [3.8, 4) is 0 Å². The molecule has 0 saturated heterocycles. The summed E-state index contributed by atoms with van der Waals surface area (Å²) in [5.41, 5.74) is 0. The number of hydrogen-bond acceptors (Lipinski definition) is 1. The van der Waals surface area contributed by atoms with Gasteiger partial charge in [-0.15, -0.1) is 0 Å². The molecular weight excluding hydrogens is 294 g/mol. The van der Waals surface area contributed by atoms with E-state index >= 15 is 0 Å². The van der Waals surface area contributed by atoms with Crippen molar-refractivity contribution in [2.75, 3.05) is 26.2 Å². The van der Waals surface area contributed by atoms with Crippen molar-refractivity contribution in [2.24, 2.45) is 0 Å². The van der Waals surface area contributed by atoms with E-state index in [4.69, 9.17) is 0 Å². The average molecular weight is 344 g/mol. The van der Waals surface area contributed by atoms with Crippen LogP contribution in [0.2, 0.25) is 0 Å². The lowest BCUT2D eigenvalue weighted by Gasteiger charge is -2.39. The van der Waals surface area contributed by atoms with Gasteiger partial charge in [0, 0.05) is 0 Å². The van der Waals surface area contributed by atoms with Gasteiger partial charge >= 0.3 is 0 Å². The maximum Gasteiger partial charge on any atom is 0.0786 e. The first kappa shape index (κ1) is 26.2. The lowest BCUT2D eigenvalue weighted by molar-refractivity contribution is -0.929. The molecule has 24 heavy (non-hydrogen) atoms. The van der Waals surface area contributed by atoms with E-state index in [2.05, 4.69) is 27.7 Å². The van der Waals surface area contributed by atoms with Crippen LogP contribution in [-0.2, 0) is 0 Å². The Kier molecular flexibility index (Phi) is 21.0. The molecule has 0 unspecified atom stereocenters. The van der Waals surface area contributed by atoms with Gasteiger partial charge < -0.3 is 9.96 Å². The summed E-state index contributed by atoms with van der Waals surface area (Å²) in [5, 5.41) is 0. The van der Waals surface area contributed by atoms with Gasteiger partial charge in [0.05, 0.1) is 26.2 Å². The van der Waals surface area contributed by atoms with Gasteiger partial charge in [-0.1, -0.05) is 72.6 Å². The normalized spacial score (nSPS) is 11.5. The van der Waals surface area contributed by atoms with Crippen molar-refractivity contribution in [3.05, 3.63) is 0 Å². The van der Waals surface area contributed by atoms with E-state index in [0.717, 1.165) is 0 Å². The fraction of sp³-hybridized carbons (Fsp3) is 1.00. The molecule has 0 rings (SSSR count). The Labute approximate surface area is 154 Å². The third-order valence-electron chi connectivity index (χ3n) is 5.44. The van der Waals surface area contributed by atoms with Gasteiger partial charge in [-0.3, -0.25) is 0 Å². The van der Waals surface area contributed by atoms with Crippen molar-refractivity contribution in [1.29, 1.82) is 0 Å². The van der Waals surface area contributed by atoms with E-state index in [1.165, 1.54) is 121 Å². The van der Waals surface area contributed by atoms with E-state index in [-0.39, 0.29) is 5.48 Å². The Morgan fingerprint density at radius 3 is 0.958 bits per heavy atom. The van der Waals surface area contributed by atoms with Crippen molar-refractivity contribution in [2.45, 2.75) is 118 Å². The molecule has 0 amide bonds. The maximum atomic E-state index is 2.36. The summed E-state index contributed by atoms with van der Waals surface area (Å²) < 4.78 is 1.45. The molecule has 0 fully saturated rings. The quantitative estimate of drug-likeness (QED) is 0.192. The molecule has 0 radical (unpaired) electrons. The third kappa shape index (κ3) is 14.3. The van der Waals surface area contributed by atoms with E-state index in [1.54, 1.807) is 0 Å². The lowest BCUT2D eigenvalue weighted by atomic mass is 10.1. The molecule has 0 spiro atoms. The minimum atomic E-state index is 0. The summed E-state index contributed by atoms with van der Waals surface area (Å²) in [6.45, 7) is 15.2. The highest BCUT2D eigenvalue weighted by Gasteiger charge is 2.25. The Morgan fingerprint density at radius 1 is 0.375 bits per heavy atom. The van der Waals surface area contributed by atoms with Crippen LogP contribution < -0.4 is 0 Å². The van der Waals surface area contributed by atoms with Gasteiger partial charge in [-0.2, -0.15) is 0 Å². The summed E-state index contributed by atoms with van der Waals surface area (Å²) in [5.74, 6) is 0. The van der Waals surface area contributed by atoms with Crippen LogP contribution >= 0.6 is 0 Å². The van der Waals surface area contributed by atoms with Crippen molar-refractivity contribution >= 4 is 0 Å². The lowest BCUT2D eigenvalue weighted by Crippen LogP contribution is -2.50. The van der Waals surface area contributed by atoms with Gasteiger partial charge in [0.15, 0.2) is 0 Å². The first-order valence-electron chi connectivity index (χ1n) is 11.1. The zero-order chi connectivity index (χ0) is 17.2. The molecule has 0 aliphatic heterocycles. The van der Waals surface area contributed by atoms with E-state index < -0.39 is 0 Å². The number of nitrogens with zero attached hydrogens (tertiary/aromatic N) is 1. The topological polar surface area (TPSA) is 30.0 Å². The van der Waals surface area contributed by atoms with E-state index in [1.807, 2.05) is 0 Å². The second-order valence-corrected chi connectivity index (χ2v) is 7.77. The second kappa shape index (κ2) is 19.2. The monoisotopic (exact) mass is 343 g/mol. The number of hydrogen-bond donors (Lipinski definition) is 0. The molecule has 0 bridgehead atoms.